The number of thiocarbonyl (C=S) groups is 1. The summed E-state index contributed by atoms with van der Waals surface area (Å²) >= 11 is 7.03. The predicted octanol–water partition coefficient (Wildman–Crippen LogP) is 9.13. The van der Waals surface area contributed by atoms with Gasteiger partial charge in [0.25, 0.3) is 11.8 Å². The van der Waals surface area contributed by atoms with Crippen molar-refractivity contribution in [3.8, 4) is 27.8 Å². The molecule has 0 radical (unpaired) electrons. The van der Waals surface area contributed by atoms with Crippen LogP contribution in [0.2, 0.25) is 0 Å². The summed E-state index contributed by atoms with van der Waals surface area (Å²) < 4.78 is 88.4. The zero-order valence-electron chi connectivity index (χ0n) is 42.6. The van der Waals surface area contributed by atoms with Crippen molar-refractivity contribution in [2.45, 2.75) is 96.6 Å². The van der Waals surface area contributed by atoms with E-state index in [0.717, 1.165) is 46.0 Å². The Bertz CT molecular complexity index is 3330. The summed E-state index contributed by atoms with van der Waals surface area (Å²) in [5, 5.41) is 38.8. The second kappa shape index (κ2) is 21.7. The lowest BCUT2D eigenvalue weighted by Gasteiger charge is -2.36. The normalized spacial score (nSPS) is 17.5. The van der Waals surface area contributed by atoms with Gasteiger partial charge in [0.15, 0.2) is 10.9 Å². The van der Waals surface area contributed by atoms with Gasteiger partial charge in [0.2, 0.25) is 11.8 Å². The number of aliphatic hydroxyl groups is 2. The highest BCUT2D eigenvalue weighted by atomic mass is 32.1. The number of hydrogen-bond donors (Lipinski definition) is 5. The van der Waals surface area contributed by atoms with Gasteiger partial charge in [0.1, 0.15) is 23.4 Å². The maximum absolute atomic E-state index is 15.7. The number of likely N-dealkylation sites (tertiary alicyclic amines) is 1. The second-order valence-electron chi connectivity index (χ2n) is 20.3. The predicted molar refractivity (Wildman–Crippen MR) is 283 cm³/mol. The number of aryl methyl sites for hydroxylation is 1. The number of benzene rings is 4. The van der Waals surface area contributed by atoms with E-state index in [-0.39, 0.29) is 41.6 Å². The number of pyridine rings is 1. The van der Waals surface area contributed by atoms with Crippen molar-refractivity contribution >= 4 is 69.4 Å². The molecule has 4 amide bonds. The first-order chi connectivity index (χ1) is 36.6. The maximum atomic E-state index is 15.7. The van der Waals surface area contributed by atoms with E-state index in [9.17, 15) is 47.8 Å². The summed E-state index contributed by atoms with van der Waals surface area (Å²) in [7, 11) is 0. The first kappa shape index (κ1) is 56.6. The summed E-state index contributed by atoms with van der Waals surface area (Å²) in [6.07, 6.45) is -6.50. The molecule has 2 aromatic heterocycles. The third kappa shape index (κ3) is 11.2. The van der Waals surface area contributed by atoms with Gasteiger partial charge in [-0.25, -0.2) is 9.37 Å². The van der Waals surface area contributed by atoms with E-state index in [1.165, 1.54) is 95.8 Å². The number of nitriles is 1. The lowest BCUT2D eigenvalue weighted by molar-refractivity contribution is -0.143. The van der Waals surface area contributed by atoms with Crippen molar-refractivity contribution in [1.82, 2.24) is 25.5 Å². The van der Waals surface area contributed by atoms with Gasteiger partial charge in [-0.3, -0.25) is 34.4 Å². The lowest BCUT2D eigenvalue weighted by atomic mass is 9.85. The fourth-order valence-corrected chi connectivity index (χ4v) is 10.6. The Morgan fingerprint density at radius 2 is 1.58 bits per heavy atom. The average Bonchev–Trinajstić information content (AvgIpc) is 4.21. The molecule has 0 saturated carbocycles. The average molecular weight is 1110 g/mol. The Labute approximate surface area is 453 Å². The SMILES string of the molecule is Cc1ncsc1-c1ccc(CNC(=O)[C@@H]2C[C@@H](O)CN2C(=O)[C@@H](NC(O)c2ccc(C(F)(F)C(=O)Nc3ccc(-c4ccc(N5C(=S)N(c6ccc(C#N)c(C(F)(F)F)c6F)C(=O)C5(C)C)cn4)cc3)cc2)C(C)(C)C)cc1. The van der Waals surface area contributed by atoms with Gasteiger partial charge in [0.05, 0.1) is 63.1 Å². The van der Waals surface area contributed by atoms with E-state index >= 15 is 13.2 Å². The van der Waals surface area contributed by atoms with Crippen LogP contribution in [-0.2, 0) is 37.8 Å². The first-order valence-corrected chi connectivity index (χ1v) is 25.5. The highest BCUT2D eigenvalue weighted by Crippen LogP contribution is 2.42. The van der Waals surface area contributed by atoms with Crippen molar-refractivity contribution < 1.29 is 55.7 Å². The third-order valence-electron chi connectivity index (χ3n) is 13.5. The number of alkyl halides is 5. The van der Waals surface area contributed by atoms with Gasteiger partial charge in [0, 0.05) is 36.3 Å². The van der Waals surface area contributed by atoms with Crippen LogP contribution in [0.3, 0.4) is 0 Å². The van der Waals surface area contributed by atoms with Crippen LogP contribution >= 0.6 is 23.6 Å². The van der Waals surface area contributed by atoms with Gasteiger partial charge >= 0.3 is 12.1 Å². The molecule has 4 aromatic carbocycles. The molecule has 6 aromatic rings. The number of anilines is 3. The van der Waals surface area contributed by atoms with Crippen LogP contribution in [0, 0.1) is 29.5 Å². The lowest BCUT2D eigenvalue weighted by Crippen LogP contribution is -2.57. The minimum atomic E-state index is -5.25. The largest absolute Gasteiger partial charge is 0.420 e. The van der Waals surface area contributed by atoms with Crippen molar-refractivity contribution in [1.29, 1.82) is 5.26 Å². The van der Waals surface area contributed by atoms with Gasteiger partial charge in [-0.15, -0.1) is 11.3 Å². The molecule has 2 fully saturated rings. The molecule has 4 heterocycles. The maximum Gasteiger partial charge on any atom is 0.420 e. The van der Waals surface area contributed by atoms with Crippen molar-refractivity contribution in [2.24, 2.45) is 5.41 Å². The Hall–Kier alpha value is -7.62. The molecule has 4 atom stereocenters. The van der Waals surface area contributed by atoms with Gasteiger partial charge in [-0.1, -0.05) is 81.4 Å². The fourth-order valence-electron chi connectivity index (χ4n) is 9.26. The number of halogens is 6. The fraction of sp³-hybridized carbons (Fsp3) is 0.309. The molecule has 406 valence electrons. The number of amides is 4. The molecule has 78 heavy (non-hydrogen) atoms. The van der Waals surface area contributed by atoms with Gasteiger partial charge < -0.3 is 30.6 Å². The number of nitrogens with zero attached hydrogens (tertiary/aromatic N) is 6. The number of carbonyl (C=O) groups excluding carboxylic acids is 4. The number of hydrogen-bond acceptors (Lipinski definition) is 12. The van der Waals surface area contributed by atoms with E-state index in [1.807, 2.05) is 31.2 Å². The van der Waals surface area contributed by atoms with Crippen LogP contribution in [0.25, 0.3) is 21.7 Å². The molecule has 0 spiro atoms. The molecule has 2 saturated heterocycles. The number of aromatic nitrogens is 2. The Kier molecular flexibility index (Phi) is 15.7. The van der Waals surface area contributed by atoms with Crippen molar-refractivity contribution in [3.05, 3.63) is 148 Å². The summed E-state index contributed by atoms with van der Waals surface area (Å²) in [6, 6.07) is 21.5. The van der Waals surface area contributed by atoms with Crippen molar-refractivity contribution in [3.63, 3.8) is 0 Å². The second-order valence-corrected chi connectivity index (χ2v) is 21.5. The van der Waals surface area contributed by atoms with E-state index in [2.05, 4.69) is 25.9 Å². The number of aliphatic hydroxyl groups excluding tert-OH is 2. The molecule has 0 bridgehead atoms. The molecule has 23 heteroatoms. The molecular weight excluding hydrogens is 1060 g/mol. The van der Waals surface area contributed by atoms with Crippen LogP contribution in [0.15, 0.2) is 109 Å². The first-order valence-electron chi connectivity index (χ1n) is 24.2. The minimum absolute atomic E-state index is 0.00109. The Morgan fingerprint density at radius 1 is 0.923 bits per heavy atom. The van der Waals surface area contributed by atoms with E-state index in [1.54, 1.807) is 26.3 Å². The van der Waals surface area contributed by atoms with Crippen LogP contribution in [0.4, 0.5) is 43.4 Å². The van der Waals surface area contributed by atoms with Crippen LogP contribution in [-0.4, -0.2) is 84.1 Å². The van der Waals surface area contributed by atoms with Gasteiger partial charge in [-0.2, -0.15) is 27.2 Å². The van der Waals surface area contributed by atoms with E-state index in [4.69, 9.17) is 12.2 Å². The number of nitrogens with one attached hydrogen (secondary N) is 3. The quantitative estimate of drug-likeness (QED) is 0.0394. The third-order valence-corrected chi connectivity index (χ3v) is 14.8. The van der Waals surface area contributed by atoms with Crippen LogP contribution in [0.1, 0.15) is 80.8 Å². The van der Waals surface area contributed by atoms with Crippen LogP contribution < -0.4 is 25.8 Å². The topological polar surface area (TPSA) is 204 Å². The number of rotatable bonds is 14. The number of β-amino-alcohol motifs (C(OH)–C–C–N with tert-alkyl or cyclic N) is 1. The standard InChI is InChI=1S/C55H51F6N9O6S2/c1-29-44(78-28-65-29)32-9-7-30(8-10-32)25-64-47(73)41-23-38(71)27-68(41)48(74)45(52(2,3)4)67-46(72)33-11-16-35(17-12-33)54(57,58)49(75)66-36-18-13-31(14-19-36)39-21-20-37(26-63-39)70-51(77)69(50(76)53(70,5)6)40-22-15-34(24-62)42(43(40)56)55(59,60)61/h7-22,26,28,38,41,45-46,67,71-72H,23,25,27H2,1-6H3,(H,64,73)(H,66,75)/t38-,41+,45-,46?/m1/s1. The summed E-state index contributed by atoms with van der Waals surface area (Å²) in [5.74, 6) is -9.47. The molecule has 15 nitrogen and oxygen atoms in total. The Morgan fingerprint density at radius 3 is 2.15 bits per heavy atom. The number of thiazole rings is 1. The number of carbonyl (C=O) groups is 4. The molecule has 2 aliphatic rings. The zero-order valence-corrected chi connectivity index (χ0v) is 44.3. The van der Waals surface area contributed by atoms with Gasteiger partial charge in [-0.05, 0) is 91.5 Å². The highest BCUT2D eigenvalue weighted by Gasteiger charge is 2.52. The molecular formula is C55H51F6N9O6S2. The molecule has 1 unspecified atom stereocenters. The van der Waals surface area contributed by atoms with Crippen molar-refractivity contribution in [2.75, 3.05) is 21.7 Å². The van der Waals surface area contributed by atoms with Crippen LogP contribution in [0.5, 0.6) is 0 Å². The highest BCUT2D eigenvalue weighted by molar-refractivity contribution is 7.81. The minimum Gasteiger partial charge on any atom is -0.391 e. The molecule has 5 N–H and O–H groups in total. The molecule has 2 aliphatic heterocycles. The summed E-state index contributed by atoms with van der Waals surface area (Å²) in [4.78, 5) is 67.4. The zero-order chi connectivity index (χ0) is 56.8. The monoisotopic (exact) mass is 1110 g/mol. The smallest absolute Gasteiger partial charge is 0.391 e. The van der Waals surface area contributed by atoms with E-state index in [0.29, 0.717) is 16.2 Å². The molecule has 8 rings (SSSR count). The Balaban J connectivity index is 0.880. The molecule has 0 aliphatic carbocycles. The summed E-state index contributed by atoms with van der Waals surface area (Å²) in [6.45, 7) is 10.0. The summed E-state index contributed by atoms with van der Waals surface area (Å²) in [5.41, 5.74) is -1.10. The van der Waals surface area contributed by atoms with E-state index < -0.39 is 99.3 Å².